The van der Waals surface area contributed by atoms with Crippen LogP contribution in [0.25, 0.3) is 0 Å². The summed E-state index contributed by atoms with van der Waals surface area (Å²) < 4.78 is 5.64. The molecule has 0 aliphatic carbocycles. The maximum Gasteiger partial charge on any atom is 0.318 e. The molecule has 1 aromatic rings. The van der Waals surface area contributed by atoms with Gasteiger partial charge in [-0.05, 0) is 26.2 Å². The molecule has 0 radical (unpaired) electrons. The molecule has 1 fully saturated rings. The van der Waals surface area contributed by atoms with Crippen molar-refractivity contribution in [2.24, 2.45) is 0 Å². The van der Waals surface area contributed by atoms with E-state index in [0.29, 0.717) is 17.9 Å². The van der Waals surface area contributed by atoms with Crippen LogP contribution in [-0.2, 0) is 0 Å². The second-order valence-corrected chi connectivity index (χ2v) is 5.30. The Morgan fingerprint density at radius 2 is 2.24 bits per heavy atom. The van der Waals surface area contributed by atoms with Crippen LogP contribution in [-0.4, -0.2) is 22.8 Å². The highest BCUT2D eigenvalue weighted by molar-refractivity contribution is 6.20. The van der Waals surface area contributed by atoms with Crippen LogP contribution in [0, 0.1) is 0 Å². The molecular weight excluding hydrogens is 238 g/mol. The summed E-state index contributed by atoms with van der Waals surface area (Å²) in [6, 6.07) is 1.16. The third kappa shape index (κ3) is 2.92. The van der Waals surface area contributed by atoms with Crippen molar-refractivity contribution in [3.05, 3.63) is 5.89 Å². The van der Waals surface area contributed by atoms with Gasteiger partial charge in [0.2, 0.25) is 5.89 Å². The van der Waals surface area contributed by atoms with Crippen LogP contribution in [0.1, 0.15) is 57.2 Å². The summed E-state index contributed by atoms with van der Waals surface area (Å²) in [5.41, 5.74) is 0. The Balaban J connectivity index is 2.16. The Morgan fingerprint density at radius 1 is 1.41 bits per heavy atom. The van der Waals surface area contributed by atoms with Crippen molar-refractivity contribution in [3.63, 3.8) is 0 Å². The minimum Gasteiger partial charge on any atom is -0.406 e. The minimum absolute atomic E-state index is 0.219. The van der Waals surface area contributed by atoms with Crippen molar-refractivity contribution in [2.75, 3.05) is 11.4 Å². The van der Waals surface area contributed by atoms with Gasteiger partial charge < -0.3 is 9.32 Å². The number of rotatable bonds is 3. The number of anilines is 1. The highest BCUT2D eigenvalue weighted by Crippen LogP contribution is 2.27. The van der Waals surface area contributed by atoms with Gasteiger partial charge in [0.05, 0.1) is 0 Å². The topological polar surface area (TPSA) is 42.2 Å². The lowest BCUT2D eigenvalue weighted by molar-refractivity contribution is 0.452. The van der Waals surface area contributed by atoms with Crippen LogP contribution < -0.4 is 4.90 Å². The summed E-state index contributed by atoms with van der Waals surface area (Å²) in [6.45, 7) is 5.07. The predicted molar refractivity (Wildman–Crippen MR) is 68.5 cm³/mol. The fourth-order valence-corrected chi connectivity index (χ4v) is 2.45. The van der Waals surface area contributed by atoms with E-state index in [-0.39, 0.29) is 5.38 Å². The molecule has 0 N–H and O–H groups in total. The van der Waals surface area contributed by atoms with Crippen molar-refractivity contribution < 1.29 is 4.42 Å². The van der Waals surface area contributed by atoms with E-state index in [1.807, 2.05) is 6.92 Å². The third-order valence-electron chi connectivity index (χ3n) is 3.36. The van der Waals surface area contributed by atoms with E-state index in [0.717, 1.165) is 13.0 Å². The van der Waals surface area contributed by atoms with Crippen LogP contribution in [0.3, 0.4) is 0 Å². The zero-order valence-corrected chi connectivity index (χ0v) is 11.3. The van der Waals surface area contributed by atoms with Crippen molar-refractivity contribution in [2.45, 2.75) is 57.4 Å². The largest absolute Gasteiger partial charge is 0.406 e. The summed E-state index contributed by atoms with van der Waals surface area (Å²) in [5, 5.41) is 7.91. The lowest BCUT2D eigenvalue weighted by atomic mass is 10.1. The number of alkyl halides is 1. The van der Waals surface area contributed by atoms with Gasteiger partial charge in [0.25, 0.3) is 0 Å². The molecule has 0 bridgehead atoms. The van der Waals surface area contributed by atoms with Gasteiger partial charge in [-0.15, -0.1) is 16.7 Å². The molecule has 1 saturated heterocycles. The fraction of sp³-hybridized carbons (Fsp3) is 0.833. The normalized spacial score (nSPS) is 23.5. The predicted octanol–water partition coefficient (Wildman–Crippen LogP) is 3.53. The Hall–Kier alpha value is -0.770. The molecule has 2 unspecified atom stereocenters. The summed E-state index contributed by atoms with van der Waals surface area (Å²) in [6.07, 6.45) is 6.12. The summed E-state index contributed by atoms with van der Waals surface area (Å²) in [4.78, 5) is 2.25. The van der Waals surface area contributed by atoms with Crippen molar-refractivity contribution in [1.82, 2.24) is 10.2 Å². The van der Waals surface area contributed by atoms with Crippen molar-refractivity contribution in [1.29, 1.82) is 0 Å². The molecule has 96 valence electrons. The van der Waals surface area contributed by atoms with Gasteiger partial charge in [-0.1, -0.05) is 24.9 Å². The van der Waals surface area contributed by atoms with E-state index in [9.17, 15) is 0 Å². The second-order valence-electron chi connectivity index (χ2n) is 4.64. The number of halogens is 1. The number of aromatic nitrogens is 2. The highest BCUT2D eigenvalue weighted by Gasteiger charge is 2.24. The Kier molecular flexibility index (Phi) is 4.26. The van der Waals surface area contributed by atoms with Gasteiger partial charge in [-0.2, -0.15) is 0 Å². The summed E-state index contributed by atoms with van der Waals surface area (Å²) in [5.74, 6) is 0.515. The van der Waals surface area contributed by atoms with E-state index in [1.165, 1.54) is 25.7 Å². The van der Waals surface area contributed by atoms with Crippen molar-refractivity contribution >= 4 is 17.6 Å². The SMILES string of the molecule is CCC1CCCCCN1c1nnc(C(C)Cl)o1. The lowest BCUT2D eigenvalue weighted by Crippen LogP contribution is -2.34. The molecule has 0 spiro atoms. The molecule has 1 aliphatic heterocycles. The maximum absolute atomic E-state index is 5.94. The molecule has 4 nitrogen and oxygen atoms in total. The van der Waals surface area contributed by atoms with Crippen LogP contribution in [0.15, 0.2) is 4.42 Å². The van der Waals surface area contributed by atoms with E-state index >= 15 is 0 Å². The zero-order chi connectivity index (χ0) is 12.3. The smallest absolute Gasteiger partial charge is 0.318 e. The first-order valence-electron chi connectivity index (χ1n) is 6.46. The molecule has 0 saturated carbocycles. The standard InChI is InChI=1S/C12H20ClN3O/c1-3-10-7-5-4-6-8-16(10)12-15-14-11(17-12)9(2)13/h9-10H,3-8H2,1-2H3. The molecular formula is C12H20ClN3O. The Morgan fingerprint density at radius 3 is 2.88 bits per heavy atom. The molecule has 0 amide bonds. The van der Waals surface area contributed by atoms with Crippen LogP contribution in [0.4, 0.5) is 6.01 Å². The van der Waals surface area contributed by atoms with Gasteiger partial charge in [-0.3, -0.25) is 0 Å². The van der Waals surface area contributed by atoms with E-state index in [2.05, 4.69) is 22.0 Å². The average Bonchev–Trinajstić information content (AvgIpc) is 2.68. The molecule has 17 heavy (non-hydrogen) atoms. The van der Waals surface area contributed by atoms with Gasteiger partial charge in [0.1, 0.15) is 5.38 Å². The third-order valence-corrected chi connectivity index (χ3v) is 3.55. The molecule has 2 heterocycles. The van der Waals surface area contributed by atoms with E-state index < -0.39 is 0 Å². The van der Waals surface area contributed by atoms with Gasteiger partial charge >= 0.3 is 6.01 Å². The Labute approximate surface area is 107 Å². The second kappa shape index (κ2) is 5.71. The van der Waals surface area contributed by atoms with E-state index in [4.69, 9.17) is 16.0 Å². The summed E-state index contributed by atoms with van der Waals surface area (Å²) >= 11 is 5.94. The van der Waals surface area contributed by atoms with Gasteiger partial charge in [0, 0.05) is 12.6 Å². The molecule has 1 aromatic heterocycles. The fourth-order valence-electron chi connectivity index (χ4n) is 2.36. The maximum atomic E-state index is 5.94. The van der Waals surface area contributed by atoms with Crippen molar-refractivity contribution in [3.8, 4) is 0 Å². The van der Waals surface area contributed by atoms with E-state index in [1.54, 1.807) is 0 Å². The number of hydrogen-bond donors (Lipinski definition) is 0. The molecule has 1 aliphatic rings. The quantitative estimate of drug-likeness (QED) is 0.777. The first-order chi connectivity index (χ1) is 8.22. The number of nitrogens with zero attached hydrogens (tertiary/aromatic N) is 3. The van der Waals surface area contributed by atoms with Gasteiger partial charge in [0.15, 0.2) is 0 Å². The highest BCUT2D eigenvalue weighted by atomic mass is 35.5. The first-order valence-corrected chi connectivity index (χ1v) is 6.90. The molecule has 2 rings (SSSR count). The van der Waals surface area contributed by atoms with Crippen LogP contribution in [0.5, 0.6) is 0 Å². The monoisotopic (exact) mass is 257 g/mol. The lowest BCUT2D eigenvalue weighted by Gasteiger charge is -2.26. The number of hydrogen-bond acceptors (Lipinski definition) is 4. The Bertz CT molecular complexity index is 353. The zero-order valence-electron chi connectivity index (χ0n) is 10.5. The summed E-state index contributed by atoms with van der Waals surface area (Å²) in [7, 11) is 0. The van der Waals surface area contributed by atoms with Crippen LogP contribution >= 0.6 is 11.6 Å². The van der Waals surface area contributed by atoms with Gasteiger partial charge in [-0.25, -0.2) is 0 Å². The molecule has 5 heteroatoms. The molecule has 0 aromatic carbocycles. The minimum atomic E-state index is -0.219. The molecule has 2 atom stereocenters. The van der Waals surface area contributed by atoms with Crippen LogP contribution in [0.2, 0.25) is 0 Å². The average molecular weight is 258 g/mol. The first kappa shape index (κ1) is 12.7.